The lowest BCUT2D eigenvalue weighted by Crippen LogP contribution is -2.28. The topological polar surface area (TPSA) is 95.6 Å². The summed E-state index contributed by atoms with van der Waals surface area (Å²) in [5.74, 6) is -0.395. The molecule has 0 atom stereocenters. The SMILES string of the molecule is CC(=O)Nc1ccc(NS(C)(=O)=O)c(C(=O)N(C)c2cccc(C(C)C)c2)c1. The maximum absolute atomic E-state index is 13.1. The zero-order chi connectivity index (χ0) is 21.1. The van der Waals surface area contributed by atoms with Crippen molar-refractivity contribution in [2.75, 3.05) is 28.2 Å². The van der Waals surface area contributed by atoms with Crippen molar-refractivity contribution < 1.29 is 18.0 Å². The van der Waals surface area contributed by atoms with Crippen LogP contribution in [-0.4, -0.2) is 33.5 Å². The van der Waals surface area contributed by atoms with Gasteiger partial charge in [-0.1, -0.05) is 26.0 Å². The number of hydrogen-bond donors (Lipinski definition) is 2. The molecule has 0 spiro atoms. The van der Waals surface area contributed by atoms with E-state index in [-0.39, 0.29) is 17.2 Å². The van der Waals surface area contributed by atoms with Gasteiger partial charge in [0.25, 0.3) is 5.91 Å². The Hall–Kier alpha value is -2.87. The number of benzene rings is 2. The molecule has 28 heavy (non-hydrogen) atoms. The Morgan fingerprint density at radius 1 is 1.07 bits per heavy atom. The molecule has 0 saturated carbocycles. The highest BCUT2D eigenvalue weighted by molar-refractivity contribution is 7.92. The molecule has 0 aromatic heterocycles. The second kappa shape index (κ2) is 8.43. The third-order valence-corrected chi connectivity index (χ3v) is 4.69. The summed E-state index contributed by atoms with van der Waals surface area (Å²) in [6, 6.07) is 12.0. The molecule has 0 saturated heterocycles. The summed E-state index contributed by atoms with van der Waals surface area (Å²) >= 11 is 0. The van der Waals surface area contributed by atoms with Gasteiger partial charge in [0.15, 0.2) is 0 Å². The fourth-order valence-electron chi connectivity index (χ4n) is 2.68. The van der Waals surface area contributed by atoms with Crippen molar-refractivity contribution in [2.24, 2.45) is 0 Å². The van der Waals surface area contributed by atoms with E-state index in [1.54, 1.807) is 7.05 Å². The zero-order valence-electron chi connectivity index (χ0n) is 16.6. The lowest BCUT2D eigenvalue weighted by molar-refractivity contribution is -0.114. The largest absolute Gasteiger partial charge is 0.326 e. The highest BCUT2D eigenvalue weighted by Crippen LogP contribution is 2.27. The molecular formula is C20H25N3O4S. The van der Waals surface area contributed by atoms with E-state index in [2.05, 4.69) is 23.9 Å². The molecule has 0 radical (unpaired) electrons. The lowest BCUT2D eigenvalue weighted by atomic mass is 10.0. The molecule has 2 rings (SSSR count). The van der Waals surface area contributed by atoms with Gasteiger partial charge >= 0.3 is 0 Å². The fraction of sp³-hybridized carbons (Fsp3) is 0.300. The van der Waals surface area contributed by atoms with Crippen molar-refractivity contribution >= 4 is 38.9 Å². The Bertz CT molecular complexity index is 1000. The molecule has 0 unspecified atom stereocenters. The van der Waals surface area contributed by atoms with Gasteiger partial charge in [-0.05, 0) is 41.8 Å². The van der Waals surface area contributed by atoms with Crippen molar-refractivity contribution in [3.05, 3.63) is 53.6 Å². The first-order chi connectivity index (χ1) is 13.0. The molecule has 7 nitrogen and oxygen atoms in total. The van der Waals surface area contributed by atoms with Crippen molar-refractivity contribution in [3.8, 4) is 0 Å². The van der Waals surface area contributed by atoms with Gasteiger partial charge < -0.3 is 10.2 Å². The third kappa shape index (κ3) is 5.56. The van der Waals surface area contributed by atoms with Gasteiger partial charge in [0.2, 0.25) is 15.9 Å². The monoisotopic (exact) mass is 403 g/mol. The number of nitrogens with one attached hydrogen (secondary N) is 2. The van der Waals surface area contributed by atoms with Crippen molar-refractivity contribution in [3.63, 3.8) is 0 Å². The van der Waals surface area contributed by atoms with Crippen molar-refractivity contribution in [2.45, 2.75) is 26.7 Å². The molecule has 8 heteroatoms. The molecular weight excluding hydrogens is 378 g/mol. The maximum Gasteiger partial charge on any atom is 0.260 e. The van der Waals surface area contributed by atoms with Crippen LogP contribution in [0.25, 0.3) is 0 Å². The highest BCUT2D eigenvalue weighted by atomic mass is 32.2. The minimum Gasteiger partial charge on any atom is -0.326 e. The Balaban J connectivity index is 2.48. The minimum absolute atomic E-state index is 0.133. The molecule has 2 aromatic rings. The van der Waals surface area contributed by atoms with Gasteiger partial charge in [0.1, 0.15) is 0 Å². The summed E-state index contributed by atoms with van der Waals surface area (Å²) in [6.45, 7) is 5.48. The highest BCUT2D eigenvalue weighted by Gasteiger charge is 2.20. The van der Waals surface area contributed by atoms with Crippen LogP contribution in [0, 0.1) is 0 Å². The van der Waals surface area contributed by atoms with Crippen LogP contribution in [0.1, 0.15) is 42.6 Å². The summed E-state index contributed by atoms with van der Waals surface area (Å²) < 4.78 is 25.7. The summed E-state index contributed by atoms with van der Waals surface area (Å²) in [7, 11) is -1.96. The van der Waals surface area contributed by atoms with Gasteiger partial charge in [-0.25, -0.2) is 8.42 Å². The number of amides is 2. The molecule has 2 N–H and O–H groups in total. The van der Waals surface area contributed by atoms with E-state index >= 15 is 0 Å². The van der Waals surface area contributed by atoms with E-state index < -0.39 is 15.9 Å². The minimum atomic E-state index is -3.59. The summed E-state index contributed by atoms with van der Waals surface area (Å²) in [5, 5.41) is 2.61. The van der Waals surface area contributed by atoms with Crippen LogP contribution >= 0.6 is 0 Å². The molecule has 0 aliphatic carbocycles. The quantitative estimate of drug-likeness (QED) is 0.772. The normalized spacial score (nSPS) is 11.2. The molecule has 2 amide bonds. The van der Waals surface area contributed by atoms with E-state index in [1.165, 1.54) is 30.0 Å². The standard InChI is InChI=1S/C20H25N3O4S/c1-13(2)15-7-6-8-17(11-15)23(4)20(25)18-12-16(21-14(3)24)9-10-19(18)22-28(5,26)27/h6-13,22H,1-5H3,(H,21,24). The maximum atomic E-state index is 13.1. The molecule has 0 aliphatic rings. The number of rotatable bonds is 6. The van der Waals surface area contributed by atoms with Crippen LogP contribution < -0.4 is 14.9 Å². The molecule has 0 fully saturated rings. The Morgan fingerprint density at radius 3 is 2.32 bits per heavy atom. The molecule has 0 heterocycles. The van der Waals surface area contributed by atoms with E-state index in [9.17, 15) is 18.0 Å². The molecule has 2 aromatic carbocycles. The van der Waals surface area contributed by atoms with Crippen LogP contribution in [0.4, 0.5) is 17.1 Å². The first-order valence-electron chi connectivity index (χ1n) is 8.75. The third-order valence-electron chi connectivity index (χ3n) is 4.09. The molecule has 0 bridgehead atoms. The van der Waals surface area contributed by atoms with Crippen LogP contribution in [0.5, 0.6) is 0 Å². The predicted octanol–water partition coefficient (Wildman–Crippen LogP) is 3.42. The fourth-order valence-corrected chi connectivity index (χ4v) is 3.26. The summed E-state index contributed by atoms with van der Waals surface area (Å²) in [4.78, 5) is 25.9. The first kappa shape index (κ1) is 21.4. The van der Waals surface area contributed by atoms with Crippen LogP contribution in [0.3, 0.4) is 0 Å². The Labute approximate surface area is 165 Å². The van der Waals surface area contributed by atoms with Crippen LogP contribution in [0.2, 0.25) is 0 Å². The smallest absolute Gasteiger partial charge is 0.260 e. The van der Waals surface area contributed by atoms with Gasteiger partial charge in [-0.15, -0.1) is 0 Å². The molecule has 150 valence electrons. The number of carbonyl (C=O) groups is 2. The zero-order valence-corrected chi connectivity index (χ0v) is 17.4. The van der Waals surface area contributed by atoms with Crippen LogP contribution in [-0.2, 0) is 14.8 Å². The van der Waals surface area contributed by atoms with Gasteiger partial charge in [-0.3, -0.25) is 14.3 Å². The molecule has 0 aliphatic heterocycles. The second-order valence-corrected chi connectivity index (χ2v) is 8.68. The number of sulfonamides is 1. The van der Waals surface area contributed by atoms with Gasteiger partial charge in [-0.2, -0.15) is 0 Å². The Kier molecular flexibility index (Phi) is 6.45. The van der Waals surface area contributed by atoms with E-state index in [0.717, 1.165) is 11.8 Å². The van der Waals surface area contributed by atoms with Gasteiger partial charge in [0, 0.05) is 25.3 Å². The summed E-state index contributed by atoms with van der Waals surface area (Å²) in [5.41, 5.74) is 2.45. The Morgan fingerprint density at radius 2 is 1.75 bits per heavy atom. The first-order valence-corrected chi connectivity index (χ1v) is 10.6. The van der Waals surface area contributed by atoms with Crippen molar-refractivity contribution in [1.82, 2.24) is 0 Å². The van der Waals surface area contributed by atoms with Crippen LogP contribution in [0.15, 0.2) is 42.5 Å². The predicted molar refractivity (Wildman–Crippen MR) is 112 cm³/mol. The average Bonchev–Trinajstić information content (AvgIpc) is 2.60. The number of anilines is 3. The van der Waals surface area contributed by atoms with Crippen molar-refractivity contribution in [1.29, 1.82) is 0 Å². The van der Waals surface area contributed by atoms with Gasteiger partial charge in [0.05, 0.1) is 17.5 Å². The van der Waals surface area contributed by atoms with E-state index in [4.69, 9.17) is 0 Å². The summed E-state index contributed by atoms with van der Waals surface area (Å²) in [6.07, 6.45) is 1.01. The number of carbonyl (C=O) groups excluding carboxylic acids is 2. The lowest BCUT2D eigenvalue weighted by Gasteiger charge is -2.21. The van der Waals surface area contributed by atoms with E-state index in [0.29, 0.717) is 17.3 Å². The van der Waals surface area contributed by atoms with E-state index in [1.807, 2.05) is 24.3 Å². The number of hydrogen-bond acceptors (Lipinski definition) is 4. The number of nitrogens with zero attached hydrogens (tertiary/aromatic N) is 1. The second-order valence-electron chi connectivity index (χ2n) is 6.93. The average molecular weight is 404 g/mol.